The molecule has 0 aromatic carbocycles. The molecule has 2 rings (SSSR count). The van der Waals surface area contributed by atoms with Crippen LogP contribution >= 0.6 is 0 Å². The molecule has 16 heavy (non-hydrogen) atoms. The van der Waals surface area contributed by atoms with Crippen LogP contribution in [-0.2, 0) is 4.74 Å². The van der Waals surface area contributed by atoms with Crippen LogP contribution in [0.3, 0.4) is 0 Å². The summed E-state index contributed by atoms with van der Waals surface area (Å²) in [5.41, 5.74) is 0. The maximum absolute atomic E-state index is 5.76. The Bertz CT molecular complexity index is 186. The van der Waals surface area contributed by atoms with Crippen molar-refractivity contribution >= 4 is 0 Å². The number of likely N-dealkylation sites (N-methyl/N-ethyl adjacent to an activating group) is 1. The van der Waals surface area contributed by atoms with Crippen LogP contribution in [0.1, 0.15) is 38.5 Å². The van der Waals surface area contributed by atoms with Crippen molar-refractivity contribution in [1.82, 2.24) is 10.2 Å². The van der Waals surface area contributed by atoms with Gasteiger partial charge in [-0.15, -0.1) is 0 Å². The predicted molar refractivity (Wildman–Crippen MR) is 66.7 cm³/mol. The number of hydrogen-bond donors (Lipinski definition) is 1. The quantitative estimate of drug-likeness (QED) is 0.771. The number of nitrogens with zero attached hydrogens (tertiary/aromatic N) is 1. The van der Waals surface area contributed by atoms with Gasteiger partial charge in [-0.05, 0) is 58.7 Å². The molecule has 2 saturated heterocycles. The smallest absolute Gasteiger partial charge is 0.0701 e. The van der Waals surface area contributed by atoms with Gasteiger partial charge in [0.25, 0.3) is 0 Å². The van der Waals surface area contributed by atoms with E-state index in [9.17, 15) is 0 Å². The van der Waals surface area contributed by atoms with Crippen LogP contribution in [0.5, 0.6) is 0 Å². The molecule has 0 aromatic heterocycles. The molecule has 2 heterocycles. The normalized spacial score (nSPS) is 31.1. The van der Waals surface area contributed by atoms with E-state index in [4.69, 9.17) is 4.74 Å². The van der Waals surface area contributed by atoms with E-state index in [-0.39, 0.29) is 0 Å². The molecule has 3 nitrogen and oxygen atoms in total. The summed E-state index contributed by atoms with van der Waals surface area (Å²) in [7, 11) is 2.23. The maximum Gasteiger partial charge on any atom is 0.0701 e. The molecule has 0 aromatic rings. The molecule has 3 heteroatoms. The van der Waals surface area contributed by atoms with Gasteiger partial charge in [0.05, 0.1) is 6.10 Å². The van der Waals surface area contributed by atoms with Gasteiger partial charge < -0.3 is 15.0 Å². The molecule has 2 fully saturated rings. The number of nitrogens with one attached hydrogen (secondary N) is 1. The van der Waals surface area contributed by atoms with Crippen LogP contribution in [0.4, 0.5) is 0 Å². The van der Waals surface area contributed by atoms with Crippen molar-refractivity contribution in [2.45, 2.75) is 50.7 Å². The summed E-state index contributed by atoms with van der Waals surface area (Å²) in [6.07, 6.45) is 8.38. The highest BCUT2D eigenvalue weighted by molar-refractivity contribution is 4.76. The van der Waals surface area contributed by atoms with Crippen molar-refractivity contribution in [2.24, 2.45) is 0 Å². The lowest BCUT2D eigenvalue weighted by atomic mass is 10.1. The molecule has 0 spiro atoms. The first-order valence-electron chi connectivity index (χ1n) is 6.88. The lowest BCUT2D eigenvalue weighted by molar-refractivity contribution is -0.00180. The summed E-state index contributed by atoms with van der Waals surface area (Å²) >= 11 is 0. The molecule has 0 saturated carbocycles. The van der Waals surface area contributed by atoms with Crippen molar-refractivity contribution in [2.75, 3.05) is 33.3 Å². The molecule has 2 aliphatic rings. The molecule has 94 valence electrons. The molecule has 2 aliphatic heterocycles. The minimum atomic E-state index is 0.496. The fourth-order valence-electron chi connectivity index (χ4n) is 2.77. The van der Waals surface area contributed by atoms with Crippen molar-refractivity contribution in [1.29, 1.82) is 0 Å². The third-order valence-corrected chi connectivity index (χ3v) is 3.81. The molecular formula is C13H26N2O. The molecule has 1 N–H and O–H groups in total. The molecule has 0 amide bonds. The monoisotopic (exact) mass is 226 g/mol. The highest BCUT2D eigenvalue weighted by Gasteiger charge is 2.18. The van der Waals surface area contributed by atoms with Crippen LogP contribution in [0.2, 0.25) is 0 Å². The van der Waals surface area contributed by atoms with E-state index in [1.807, 2.05) is 0 Å². The second-order valence-corrected chi connectivity index (χ2v) is 5.33. The van der Waals surface area contributed by atoms with Gasteiger partial charge in [0.1, 0.15) is 0 Å². The Kier molecular flexibility index (Phi) is 5.07. The fraction of sp³-hybridized carbons (Fsp3) is 1.00. The van der Waals surface area contributed by atoms with Gasteiger partial charge >= 0.3 is 0 Å². The largest absolute Gasteiger partial charge is 0.377 e. The zero-order chi connectivity index (χ0) is 11.2. The van der Waals surface area contributed by atoms with Gasteiger partial charge in [-0.25, -0.2) is 0 Å². The van der Waals surface area contributed by atoms with Crippen LogP contribution in [0.25, 0.3) is 0 Å². The Labute approximate surface area is 99.5 Å². The third-order valence-electron chi connectivity index (χ3n) is 3.81. The van der Waals surface area contributed by atoms with E-state index >= 15 is 0 Å². The highest BCUT2D eigenvalue weighted by Crippen LogP contribution is 2.14. The predicted octanol–water partition coefficient (Wildman–Crippen LogP) is 1.63. The Morgan fingerprint density at radius 3 is 2.88 bits per heavy atom. The minimum Gasteiger partial charge on any atom is -0.377 e. The molecule has 0 aliphatic carbocycles. The first kappa shape index (κ1) is 12.3. The zero-order valence-corrected chi connectivity index (χ0v) is 10.6. The van der Waals surface area contributed by atoms with Gasteiger partial charge in [-0.3, -0.25) is 0 Å². The molecule has 0 bridgehead atoms. The fourth-order valence-corrected chi connectivity index (χ4v) is 2.77. The lowest BCUT2D eigenvalue weighted by Gasteiger charge is -2.28. The first-order chi connectivity index (χ1) is 7.84. The van der Waals surface area contributed by atoms with Crippen molar-refractivity contribution < 1.29 is 4.74 Å². The summed E-state index contributed by atoms with van der Waals surface area (Å²) in [5.74, 6) is 0. The van der Waals surface area contributed by atoms with Crippen LogP contribution in [0.15, 0.2) is 0 Å². The van der Waals surface area contributed by atoms with Crippen LogP contribution in [-0.4, -0.2) is 50.3 Å². The van der Waals surface area contributed by atoms with Crippen LogP contribution in [0, 0.1) is 0 Å². The van der Waals surface area contributed by atoms with E-state index in [1.165, 1.54) is 51.6 Å². The van der Waals surface area contributed by atoms with E-state index in [0.717, 1.165) is 19.2 Å². The zero-order valence-electron chi connectivity index (χ0n) is 10.6. The lowest BCUT2D eigenvalue weighted by Crippen LogP contribution is -2.35. The van der Waals surface area contributed by atoms with Crippen molar-refractivity contribution in [3.8, 4) is 0 Å². The van der Waals surface area contributed by atoms with Gasteiger partial charge in [0.2, 0.25) is 0 Å². The maximum atomic E-state index is 5.76. The molecule has 2 atom stereocenters. The Morgan fingerprint density at radius 1 is 1.25 bits per heavy atom. The Balaban J connectivity index is 1.57. The standard InChI is InChI=1S/C13H26N2O/c1-15(9-7-12-5-4-8-14-12)11-13-6-2-3-10-16-13/h12-14H,2-11H2,1H3. The average molecular weight is 226 g/mol. The van der Waals surface area contributed by atoms with Gasteiger partial charge in [0.15, 0.2) is 0 Å². The number of rotatable bonds is 5. The second kappa shape index (κ2) is 6.58. The summed E-state index contributed by atoms with van der Waals surface area (Å²) < 4.78 is 5.76. The number of ether oxygens (including phenoxy) is 1. The summed E-state index contributed by atoms with van der Waals surface area (Å²) in [4.78, 5) is 2.44. The molecular weight excluding hydrogens is 200 g/mol. The molecule has 2 unspecified atom stereocenters. The number of hydrogen-bond acceptors (Lipinski definition) is 3. The Hall–Kier alpha value is -0.120. The third kappa shape index (κ3) is 4.04. The summed E-state index contributed by atoms with van der Waals surface area (Å²) in [6.45, 7) is 4.52. The van der Waals surface area contributed by atoms with E-state index in [1.54, 1.807) is 0 Å². The highest BCUT2D eigenvalue weighted by atomic mass is 16.5. The SMILES string of the molecule is CN(CCC1CCCN1)CC1CCCCO1. The summed E-state index contributed by atoms with van der Waals surface area (Å²) in [5, 5.41) is 3.56. The van der Waals surface area contributed by atoms with E-state index in [0.29, 0.717) is 6.10 Å². The average Bonchev–Trinajstić information content (AvgIpc) is 2.81. The minimum absolute atomic E-state index is 0.496. The summed E-state index contributed by atoms with van der Waals surface area (Å²) in [6, 6.07) is 0.773. The van der Waals surface area contributed by atoms with Crippen molar-refractivity contribution in [3.63, 3.8) is 0 Å². The van der Waals surface area contributed by atoms with Crippen molar-refractivity contribution in [3.05, 3.63) is 0 Å². The van der Waals surface area contributed by atoms with Gasteiger partial charge in [-0.1, -0.05) is 0 Å². The Morgan fingerprint density at radius 2 is 2.19 bits per heavy atom. The van der Waals surface area contributed by atoms with Gasteiger partial charge in [-0.2, -0.15) is 0 Å². The first-order valence-corrected chi connectivity index (χ1v) is 6.88. The van der Waals surface area contributed by atoms with E-state index in [2.05, 4.69) is 17.3 Å². The topological polar surface area (TPSA) is 24.5 Å². The van der Waals surface area contributed by atoms with E-state index < -0.39 is 0 Å². The second-order valence-electron chi connectivity index (χ2n) is 5.33. The molecule has 0 radical (unpaired) electrons. The van der Waals surface area contributed by atoms with Gasteiger partial charge in [0, 0.05) is 19.2 Å². The van der Waals surface area contributed by atoms with Crippen LogP contribution < -0.4 is 5.32 Å².